The highest BCUT2D eigenvalue weighted by molar-refractivity contribution is 5.74. The van der Waals surface area contributed by atoms with Gasteiger partial charge in [0.25, 0.3) is 0 Å². The maximum atomic E-state index is 10.2. The SMILES string of the molecule is CC1(C)C[C@@H]1C(=O)O.COc1cccc([C@@H](C)N)c1. The van der Waals surface area contributed by atoms with Crippen LogP contribution in [0.4, 0.5) is 0 Å². The number of carboxylic acids is 1. The van der Waals surface area contributed by atoms with Crippen molar-refractivity contribution in [2.75, 3.05) is 7.11 Å². The summed E-state index contributed by atoms with van der Waals surface area (Å²) < 4.78 is 5.05. The van der Waals surface area contributed by atoms with E-state index in [1.807, 2.05) is 45.0 Å². The van der Waals surface area contributed by atoms with Crippen LogP contribution in [0.15, 0.2) is 24.3 Å². The van der Waals surface area contributed by atoms with E-state index in [-0.39, 0.29) is 17.4 Å². The number of nitrogens with two attached hydrogens (primary N) is 1. The van der Waals surface area contributed by atoms with Crippen molar-refractivity contribution in [2.45, 2.75) is 33.2 Å². The van der Waals surface area contributed by atoms with Crippen LogP contribution in [-0.4, -0.2) is 18.2 Å². The molecule has 1 aromatic carbocycles. The van der Waals surface area contributed by atoms with Gasteiger partial charge in [-0.15, -0.1) is 0 Å². The Bertz CT molecular complexity index is 441. The summed E-state index contributed by atoms with van der Waals surface area (Å²) in [7, 11) is 1.65. The third-order valence-electron chi connectivity index (χ3n) is 3.43. The molecular weight excluding hydrogens is 242 g/mol. The highest BCUT2D eigenvalue weighted by Gasteiger charge is 2.50. The standard InChI is InChI=1S/C9H13NO.C6H10O2/c1-7(10)8-4-3-5-9(6-8)11-2;1-6(2)3-4(6)5(7)8/h3-7H,10H2,1-2H3;4H,3H2,1-2H3,(H,7,8)/t7-;4-/m11/s1. The molecule has 1 aliphatic rings. The molecule has 0 bridgehead atoms. The van der Waals surface area contributed by atoms with Crippen LogP contribution in [0.3, 0.4) is 0 Å². The molecule has 4 nitrogen and oxygen atoms in total. The number of methoxy groups -OCH3 is 1. The molecule has 0 unspecified atom stereocenters. The molecule has 0 radical (unpaired) electrons. The van der Waals surface area contributed by atoms with Crippen LogP contribution in [-0.2, 0) is 4.79 Å². The number of carbonyl (C=O) groups is 1. The van der Waals surface area contributed by atoms with E-state index in [1.165, 1.54) is 0 Å². The van der Waals surface area contributed by atoms with Crippen LogP contribution in [0.25, 0.3) is 0 Å². The van der Waals surface area contributed by atoms with Crippen LogP contribution in [0, 0.1) is 11.3 Å². The predicted molar refractivity (Wildman–Crippen MR) is 75.1 cm³/mol. The van der Waals surface area contributed by atoms with Crippen molar-refractivity contribution in [3.8, 4) is 5.75 Å². The molecule has 0 aromatic heterocycles. The largest absolute Gasteiger partial charge is 0.497 e. The highest BCUT2D eigenvalue weighted by atomic mass is 16.5. The number of carboxylic acid groups (broad SMARTS) is 1. The molecule has 1 aromatic rings. The number of rotatable bonds is 3. The van der Waals surface area contributed by atoms with Gasteiger partial charge in [-0.25, -0.2) is 0 Å². The third-order valence-corrected chi connectivity index (χ3v) is 3.43. The van der Waals surface area contributed by atoms with E-state index in [1.54, 1.807) is 7.11 Å². The van der Waals surface area contributed by atoms with Crippen LogP contribution >= 0.6 is 0 Å². The van der Waals surface area contributed by atoms with Crippen LogP contribution in [0.5, 0.6) is 5.75 Å². The molecule has 2 atom stereocenters. The number of ether oxygens (including phenoxy) is 1. The summed E-state index contributed by atoms with van der Waals surface area (Å²) in [5, 5.41) is 8.39. The van der Waals surface area contributed by atoms with Gasteiger partial charge in [-0.05, 0) is 36.5 Å². The van der Waals surface area contributed by atoms with Crippen molar-refractivity contribution in [1.29, 1.82) is 0 Å². The van der Waals surface area contributed by atoms with E-state index in [9.17, 15) is 4.79 Å². The minimum Gasteiger partial charge on any atom is -0.497 e. The predicted octanol–water partition coefficient (Wildman–Crippen LogP) is 2.83. The van der Waals surface area contributed by atoms with Crippen molar-refractivity contribution in [2.24, 2.45) is 17.1 Å². The van der Waals surface area contributed by atoms with Gasteiger partial charge in [0, 0.05) is 6.04 Å². The van der Waals surface area contributed by atoms with Crippen molar-refractivity contribution in [3.63, 3.8) is 0 Å². The summed E-state index contributed by atoms with van der Waals surface area (Å²) in [4.78, 5) is 10.2. The first-order valence-electron chi connectivity index (χ1n) is 6.40. The smallest absolute Gasteiger partial charge is 0.307 e. The summed E-state index contributed by atoms with van der Waals surface area (Å²) in [5.41, 5.74) is 6.87. The first-order chi connectivity index (χ1) is 8.77. The zero-order chi connectivity index (χ0) is 14.6. The summed E-state index contributed by atoms with van der Waals surface area (Å²) in [6.45, 7) is 5.91. The quantitative estimate of drug-likeness (QED) is 0.881. The molecule has 0 aliphatic heterocycles. The van der Waals surface area contributed by atoms with Gasteiger partial charge in [0.2, 0.25) is 0 Å². The molecule has 0 spiro atoms. The summed E-state index contributed by atoms with van der Waals surface area (Å²) in [6, 6.07) is 7.87. The van der Waals surface area contributed by atoms with E-state index < -0.39 is 5.97 Å². The molecule has 4 heteroatoms. The zero-order valence-corrected chi connectivity index (χ0v) is 12.0. The molecular formula is C15H23NO3. The molecule has 1 aliphatic carbocycles. The fourth-order valence-electron chi connectivity index (χ4n) is 1.81. The minimum absolute atomic E-state index is 0.0671. The number of aliphatic carboxylic acids is 1. The van der Waals surface area contributed by atoms with E-state index in [4.69, 9.17) is 15.6 Å². The lowest BCUT2D eigenvalue weighted by Gasteiger charge is -2.06. The fourth-order valence-corrected chi connectivity index (χ4v) is 1.81. The number of benzene rings is 1. The molecule has 19 heavy (non-hydrogen) atoms. The van der Waals surface area contributed by atoms with Crippen LogP contribution in [0.2, 0.25) is 0 Å². The van der Waals surface area contributed by atoms with Gasteiger partial charge in [0.1, 0.15) is 5.75 Å². The Morgan fingerprint density at radius 1 is 1.53 bits per heavy atom. The van der Waals surface area contributed by atoms with E-state index >= 15 is 0 Å². The van der Waals surface area contributed by atoms with Crippen molar-refractivity contribution >= 4 is 5.97 Å². The second kappa shape index (κ2) is 6.06. The molecule has 106 valence electrons. The van der Waals surface area contributed by atoms with E-state index in [2.05, 4.69) is 0 Å². The van der Waals surface area contributed by atoms with Gasteiger partial charge in [0.05, 0.1) is 13.0 Å². The molecule has 1 fully saturated rings. The first kappa shape index (κ1) is 15.5. The van der Waals surface area contributed by atoms with E-state index in [0.29, 0.717) is 0 Å². The van der Waals surface area contributed by atoms with Crippen molar-refractivity contribution < 1.29 is 14.6 Å². The Kier molecular flexibility index (Phi) is 4.95. The van der Waals surface area contributed by atoms with Crippen LogP contribution in [0.1, 0.15) is 38.8 Å². The van der Waals surface area contributed by atoms with Crippen molar-refractivity contribution in [1.82, 2.24) is 0 Å². The second-order valence-corrected chi connectivity index (χ2v) is 5.65. The molecule has 2 rings (SSSR count). The van der Waals surface area contributed by atoms with Crippen molar-refractivity contribution in [3.05, 3.63) is 29.8 Å². The molecule has 0 heterocycles. The summed E-state index contributed by atoms with van der Waals surface area (Å²) >= 11 is 0. The zero-order valence-electron chi connectivity index (χ0n) is 12.0. The van der Waals surface area contributed by atoms with Gasteiger partial charge in [0.15, 0.2) is 0 Å². The average Bonchev–Trinajstić information content (AvgIpc) is 3.00. The molecule has 0 amide bonds. The lowest BCUT2D eigenvalue weighted by Crippen LogP contribution is -2.04. The Hall–Kier alpha value is -1.55. The summed E-state index contributed by atoms with van der Waals surface area (Å²) in [5.74, 6) is 0.150. The Labute approximate surface area is 114 Å². The average molecular weight is 265 g/mol. The monoisotopic (exact) mass is 265 g/mol. The van der Waals surface area contributed by atoms with Crippen LogP contribution < -0.4 is 10.5 Å². The van der Waals surface area contributed by atoms with Gasteiger partial charge in [-0.1, -0.05) is 26.0 Å². The number of hydrogen-bond donors (Lipinski definition) is 2. The lowest BCUT2D eigenvalue weighted by molar-refractivity contribution is -0.139. The maximum absolute atomic E-state index is 10.2. The minimum atomic E-state index is -0.644. The normalized spacial score (nSPS) is 20.8. The molecule has 3 N–H and O–H groups in total. The van der Waals surface area contributed by atoms with Gasteiger partial charge in [-0.3, -0.25) is 4.79 Å². The maximum Gasteiger partial charge on any atom is 0.307 e. The topological polar surface area (TPSA) is 72.5 Å². The Balaban J connectivity index is 0.000000200. The highest BCUT2D eigenvalue weighted by Crippen LogP contribution is 2.51. The molecule has 0 saturated heterocycles. The van der Waals surface area contributed by atoms with Gasteiger partial charge >= 0.3 is 5.97 Å². The Morgan fingerprint density at radius 2 is 2.11 bits per heavy atom. The first-order valence-corrected chi connectivity index (χ1v) is 6.40. The fraction of sp³-hybridized carbons (Fsp3) is 0.533. The second-order valence-electron chi connectivity index (χ2n) is 5.65. The molecule has 1 saturated carbocycles. The number of hydrogen-bond acceptors (Lipinski definition) is 3. The van der Waals surface area contributed by atoms with Gasteiger partial charge < -0.3 is 15.6 Å². The lowest BCUT2D eigenvalue weighted by atomic mass is 10.1. The summed E-state index contributed by atoms with van der Waals surface area (Å²) in [6.07, 6.45) is 0.850. The van der Waals surface area contributed by atoms with E-state index in [0.717, 1.165) is 17.7 Å². The Morgan fingerprint density at radius 3 is 2.42 bits per heavy atom. The third kappa shape index (κ3) is 4.56. The van der Waals surface area contributed by atoms with Gasteiger partial charge in [-0.2, -0.15) is 0 Å².